The summed E-state index contributed by atoms with van der Waals surface area (Å²) in [5, 5.41) is 8.60. The van der Waals surface area contributed by atoms with Crippen LogP contribution in [0.15, 0.2) is 65.6 Å². The van der Waals surface area contributed by atoms with E-state index in [1.165, 1.54) is 0 Å². The molecule has 0 saturated heterocycles. The van der Waals surface area contributed by atoms with Gasteiger partial charge in [-0.05, 0) is 36.6 Å². The molecule has 0 spiro atoms. The number of amidine groups is 2. The molecular weight excluding hydrogens is 276 g/mol. The van der Waals surface area contributed by atoms with E-state index in [-0.39, 0.29) is 0 Å². The topological polar surface area (TPSA) is 74.6 Å². The van der Waals surface area contributed by atoms with Crippen LogP contribution in [-0.2, 0) is 6.42 Å². The van der Waals surface area contributed by atoms with Crippen LogP contribution in [0, 0.1) is 0 Å². The zero-order valence-electron chi connectivity index (χ0n) is 12.0. The monoisotopic (exact) mass is 292 g/mol. The Morgan fingerprint density at radius 3 is 2.50 bits per heavy atom. The largest absolute Gasteiger partial charge is 0.256 e. The highest BCUT2D eigenvalue weighted by Crippen LogP contribution is 2.10. The fraction of sp³-hybridized carbons (Fsp3) is 0.125. The highest BCUT2D eigenvalue weighted by molar-refractivity contribution is 6.04. The standard InChI is InChI=1S/C16H16N6/c1-2-3-7-12-8-6-11-18-14(12)16-21-19-15(20-22-16)13-9-4-5-10-17-13/h2,4-6,8-11H,1,3,7H2,(H,19,20)(H,21,22). The van der Waals surface area contributed by atoms with Crippen LogP contribution in [0.1, 0.15) is 23.4 Å². The van der Waals surface area contributed by atoms with Gasteiger partial charge in [-0.2, -0.15) is 10.2 Å². The molecular formula is C16H16N6. The summed E-state index contributed by atoms with van der Waals surface area (Å²) in [4.78, 5) is 8.63. The maximum atomic E-state index is 4.40. The summed E-state index contributed by atoms with van der Waals surface area (Å²) in [6.07, 6.45) is 7.11. The molecule has 0 amide bonds. The summed E-state index contributed by atoms with van der Waals surface area (Å²) in [5.41, 5.74) is 8.49. The summed E-state index contributed by atoms with van der Waals surface area (Å²) >= 11 is 0. The molecule has 2 aromatic rings. The number of allylic oxidation sites excluding steroid dienone is 1. The second-order valence-electron chi connectivity index (χ2n) is 4.70. The maximum Gasteiger partial charge on any atom is 0.192 e. The van der Waals surface area contributed by atoms with Crippen LogP contribution in [0.25, 0.3) is 0 Å². The number of aromatic nitrogens is 2. The van der Waals surface area contributed by atoms with Gasteiger partial charge in [-0.1, -0.05) is 18.2 Å². The Bertz CT molecular complexity index is 720. The van der Waals surface area contributed by atoms with Crippen LogP contribution < -0.4 is 10.9 Å². The molecule has 0 radical (unpaired) electrons. The molecule has 0 bridgehead atoms. The van der Waals surface area contributed by atoms with Gasteiger partial charge in [0.15, 0.2) is 11.7 Å². The number of rotatable bonds is 5. The van der Waals surface area contributed by atoms with Gasteiger partial charge < -0.3 is 0 Å². The van der Waals surface area contributed by atoms with Crippen LogP contribution in [-0.4, -0.2) is 21.6 Å². The Hall–Kier alpha value is -3.02. The molecule has 22 heavy (non-hydrogen) atoms. The fourth-order valence-electron chi connectivity index (χ4n) is 2.10. The van der Waals surface area contributed by atoms with Crippen LogP contribution in [0.3, 0.4) is 0 Å². The van der Waals surface area contributed by atoms with Gasteiger partial charge in [-0.25, -0.2) is 0 Å². The van der Waals surface area contributed by atoms with E-state index in [0.29, 0.717) is 11.7 Å². The Morgan fingerprint density at radius 1 is 0.955 bits per heavy atom. The van der Waals surface area contributed by atoms with E-state index in [4.69, 9.17) is 0 Å². The minimum atomic E-state index is 0.577. The molecule has 1 aliphatic rings. The van der Waals surface area contributed by atoms with Crippen LogP contribution in [0.2, 0.25) is 0 Å². The number of pyridine rings is 2. The zero-order valence-corrected chi connectivity index (χ0v) is 12.0. The second-order valence-corrected chi connectivity index (χ2v) is 4.70. The molecule has 1 aliphatic heterocycles. The fourth-order valence-corrected chi connectivity index (χ4v) is 2.10. The molecule has 2 aromatic heterocycles. The number of hydrogen-bond donors (Lipinski definition) is 2. The van der Waals surface area contributed by atoms with Gasteiger partial charge in [0.25, 0.3) is 0 Å². The number of hydrazone groups is 2. The van der Waals surface area contributed by atoms with Crippen molar-refractivity contribution in [3.63, 3.8) is 0 Å². The van der Waals surface area contributed by atoms with Crippen LogP contribution >= 0.6 is 0 Å². The number of nitrogens with zero attached hydrogens (tertiary/aromatic N) is 4. The van der Waals surface area contributed by atoms with Crippen molar-refractivity contribution in [2.75, 3.05) is 0 Å². The molecule has 0 aliphatic carbocycles. The molecule has 110 valence electrons. The summed E-state index contributed by atoms with van der Waals surface area (Å²) in [7, 11) is 0. The highest BCUT2D eigenvalue weighted by Gasteiger charge is 2.15. The van der Waals surface area contributed by atoms with Crippen molar-refractivity contribution in [1.29, 1.82) is 0 Å². The van der Waals surface area contributed by atoms with Crippen molar-refractivity contribution in [1.82, 2.24) is 20.8 Å². The summed E-state index contributed by atoms with van der Waals surface area (Å²) in [6, 6.07) is 9.58. The molecule has 2 N–H and O–H groups in total. The lowest BCUT2D eigenvalue weighted by atomic mass is 10.1. The van der Waals surface area contributed by atoms with Crippen molar-refractivity contribution < 1.29 is 0 Å². The average molecular weight is 292 g/mol. The summed E-state index contributed by atoms with van der Waals surface area (Å²) in [5.74, 6) is 1.17. The summed E-state index contributed by atoms with van der Waals surface area (Å²) < 4.78 is 0. The third-order valence-corrected chi connectivity index (χ3v) is 3.19. The lowest BCUT2D eigenvalue weighted by Crippen LogP contribution is -2.35. The molecule has 3 heterocycles. The lowest BCUT2D eigenvalue weighted by molar-refractivity contribution is 0.865. The molecule has 0 atom stereocenters. The Kier molecular flexibility index (Phi) is 4.20. The Morgan fingerprint density at radius 2 is 1.77 bits per heavy atom. The van der Waals surface area contributed by atoms with Crippen molar-refractivity contribution in [2.24, 2.45) is 10.2 Å². The van der Waals surface area contributed by atoms with Crippen LogP contribution in [0.4, 0.5) is 0 Å². The third-order valence-electron chi connectivity index (χ3n) is 3.19. The Labute approximate surface area is 128 Å². The van der Waals surface area contributed by atoms with Crippen molar-refractivity contribution >= 4 is 11.7 Å². The minimum Gasteiger partial charge on any atom is -0.256 e. The van der Waals surface area contributed by atoms with Crippen molar-refractivity contribution in [3.8, 4) is 0 Å². The number of hydrogen-bond acceptors (Lipinski definition) is 6. The van der Waals surface area contributed by atoms with Gasteiger partial charge >= 0.3 is 0 Å². The first-order valence-corrected chi connectivity index (χ1v) is 7.02. The molecule has 0 saturated carbocycles. The van der Waals surface area contributed by atoms with Crippen molar-refractivity contribution in [3.05, 3.63) is 72.3 Å². The lowest BCUT2D eigenvalue weighted by Gasteiger charge is -2.15. The van der Waals surface area contributed by atoms with Crippen LogP contribution in [0.5, 0.6) is 0 Å². The van der Waals surface area contributed by atoms with E-state index < -0.39 is 0 Å². The van der Waals surface area contributed by atoms with E-state index in [9.17, 15) is 0 Å². The van der Waals surface area contributed by atoms with Gasteiger partial charge in [0.2, 0.25) is 0 Å². The smallest absolute Gasteiger partial charge is 0.192 e. The van der Waals surface area contributed by atoms with Gasteiger partial charge in [-0.15, -0.1) is 6.58 Å². The molecule has 3 rings (SSSR count). The first-order chi connectivity index (χ1) is 10.9. The van der Waals surface area contributed by atoms with Crippen molar-refractivity contribution in [2.45, 2.75) is 12.8 Å². The molecule has 6 nitrogen and oxygen atoms in total. The third kappa shape index (κ3) is 3.01. The molecule has 0 unspecified atom stereocenters. The van der Waals surface area contributed by atoms with E-state index in [1.54, 1.807) is 12.4 Å². The first kappa shape index (κ1) is 13.9. The number of nitrogens with one attached hydrogen (secondary N) is 2. The van der Waals surface area contributed by atoms with Gasteiger partial charge in [0, 0.05) is 12.4 Å². The van der Waals surface area contributed by atoms with Gasteiger partial charge in [0.1, 0.15) is 11.4 Å². The van der Waals surface area contributed by atoms with Gasteiger partial charge in [-0.3, -0.25) is 20.8 Å². The minimum absolute atomic E-state index is 0.577. The predicted octanol–water partition coefficient (Wildman–Crippen LogP) is 1.81. The maximum absolute atomic E-state index is 4.40. The normalized spacial score (nSPS) is 13.5. The second kappa shape index (κ2) is 6.62. The predicted molar refractivity (Wildman–Crippen MR) is 86.3 cm³/mol. The Balaban J connectivity index is 1.79. The van der Waals surface area contributed by atoms with E-state index in [2.05, 4.69) is 37.6 Å². The zero-order chi connectivity index (χ0) is 15.2. The summed E-state index contributed by atoms with van der Waals surface area (Å²) in [6.45, 7) is 3.75. The quantitative estimate of drug-likeness (QED) is 0.824. The van der Waals surface area contributed by atoms with Gasteiger partial charge in [0.05, 0.1) is 0 Å². The first-order valence-electron chi connectivity index (χ1n) is 7.02. The number of aryl methyl sites for hydroxylation is 1. The SMILES string of the molecule is C=CCCc1cccnc1C1=NNC(c2ccccn2)=NN1. The average Bonchev–Trinajstić information content (AvgIpc) is 2.61. The molecule has 0 aromatic carbocycles. The molecule has 6 heteroatoms. The van der Waals surface area contributed by atoms with E-state index in [1.807, 2.05) is 36.4 Å². The van der Waals surface area contributed by atoms with E-state index in [0.717, 1.165) is 29.8 Å². The molecule has 0 fully saturated rings. The van der Waals surface area contributed by atoms with E-state index >= 15 is 0 Å². The highest BCUT2D eigenvalue weighted by atomic mass is 15.5.